The molecule has 5 nitrogen and oxygen atoms in total. The minimum atomic E-state index is -1.15. The molecule has 0 aliphatic heterocycles. The van der Waals surface area contributed by atoms with E-state index in [9.17, 15) is 14.9 Å². The summed E-state index contributed by atoms with van der Waals surface area (Å²) in [6.07, 6.45) is 0. The first-order valence-corrected chi connectivity index (χ1v) is 4.51. The van der Waals surface area contributed by atoms with Crippen molar-refractivity contribution in [1.82, 2.24) is 0 Å². The Hall–Kier alpha value is -1.91. The molecule has 0 spiro atoms. The Bertz CT molecular complexity index is 341. The van der Waals surface area contributed by atoms with Crippen LogP contribution in [0.25, 0.3) is 0 Å². The minimum Gasteiger partial charge on any atom is -0.478 e. The number of benzene rings is 1. The van der Waals surface area contributed by atoms with Gasteiger partial charge in [-0.3, -0.25) is 10.1 Å². The molecule has 1 N–H and O–H groups in total. The van der Waals surface area contributed by atoms with Crippen molar-refractivity contribution in [1.29, 1.82) is 0 Å². The van der Waals surface area contributed by atoms with Crippen LogP contribution in [0.4, 0.5) is 5.69 Å². The topological polar surface area (TPSA) is 80.4 Å². The molecule has 82 valence electrons. The van der Waals surface area contributed by atoms with Crippen molar-refractivity contribution in [3.05, 3.63) is 39.4 Å². The van der Waals surface area contributed by atoms with Crippen LogP contribution in [-0.2, 0) is 0 Å². The number of carboxylic acid groups (broad SMARTS) is 1. The molecule has 0 saturated carbocycles. The first-order chi connectivity index (χ1) is 7.04. The molecule has 0 radical (unpaired) electrons. The van der Waals surface area contributed by atoms with E-state index in [0.717, 1.165) is 0 Å². The van der Waals surface area contributed by atoms with Gasteiger partial charge in [-0.15, -0.1) is 0 Å². The summed E-state index contributed by atoms with van der Waals surface area (Å²) in [5, 5.41) is 19.1. The minimum absolute atomic E-state index is 0.0331. The number of rotatable bonds is 2. The van der Waals surface area contributed by atoms with E-state index in [0.29, 0.717) is 0 Å². The lowest BCUT2D eigenvalue weighted by molar-refractivity contribution is -0.385. The number of hydrogen-bond acceptors (Lipinski definition) is 3. The Morgan fingerprint density at radius 2 is 1.93 bits per heavy atom. The molecular formula is C10H13NO4. The molecule has 0 atom stereocenters. The molecule has 1 aromatic rings. The first-order valence-electron chi connectivity index (χ1n) is 4.51. The molecule has 0 bridgehead atoms. The molecule has 1 aromatic carbocycles. The van der Waals surface area contributed by atoms with Gasteiger partial charge in [0.15, 0.2) is 0 Å². The third-order valence-electron chi connectivity index (χ3n) is 1.73. The molecule has 1 rings (SSSR count). The van der Waals surface area contributed by atoms with Crippen LogP contribution >= 0.6 is 0 Å². The van der Waals surface area contributed by atoms with Crippen LogP contribution in [0.5, 0.6) is 0 Å². The van der Waals surface area contributed by atoms with Gasteiger partial charge >= 0.3 is 5.97 Å². The summed E-state index contributed by atoms with van der Waals surface area (Å²) in [5.41, 5.74) is -0.0194. The first kappa shape index (κ1) is 13.1. The molecule has 0 unspecified atom stereocenters. The van der Waals surface area contributed by atoms with Crippen LogP contribution in [0, 0.1) is 17.0 Å². The third kappa shape index (κ3) is 3.05. The molecule has 0 amide bonds. The van der Waals surface area contributed by atoms with E-state index in [-0.39, 0.29) is 16.8 Å². The van der Waals surface area contributed by atoms with Gasteiger partial charge in [-0.25, -0.2) is 4.79 Å². The van der Waals surface area contributed by atoms with Crippen molar-refractivity contribution < 1.29 is 14.8 Å². The lowest BCUT2D eigenvalue weighted by Crippen LogP contribution is -2.02. The Balaban J connectivity index is 0.000000921. The largest absolute Gasteiger partial charge is 0.478 e. The van der Waals surface area contributed by atoms with E-state index in [1.165, 1.54) is 25.1 Å². The second-order valence-electron chi connectivity index (χ2n) is 2.51. The number of hydrogen-bond donors (Lipinski definition) is 1. The summed E-state index contributed by atoms with van der Waals surface area (Å²) in [6.45, 7) is 5.42. The van der Waals surface area contributed by atoms with Gasteiger partial charge in [-0.2, -0.15) is 0 Å². The maximum absolute atomic E-state index is 10.6. The number of nitro groups is 1. The summed E-state index contributed by atoms with van der Waals surface area (Å²) in [4.78, 5) is 20.4. The van der Waals surface area contributed by atoms with Gasteiger partial charge in [0.05, 0.1) is 10.5 Å². The molecule has 15 heavy (non-hydrogen) atoms. The summed E-state index contributed by atoms with van der Waals surface area (Å²) in [6, 6.07) is 3.97. The van der Waals surface area contributed by atoms with Gasteiger partial charge in [0.25, 0.3) is 5.69 Å². The quantitative estimate of drug-likeness (QED) is 0.602. The van der Waals surface area contributed by atoms with Crippen LogP contribution in [0.1, 0.15) is 29.8 Å². The Morgan fingerprint density at radius 1 is 1.40 bits per heavy atom. The lowest BCUT2D eigenvalue weighted by atomic mass is 10.1. The van der Waals surface area contributed by atoms with Crippen molar-refractivity contribution in [2.75, 3.05) is 0 Å². The van der Waals surface area contributed by atoms with Gasteiger partial charge in [-0.05, 0) is 13.0 Å². The number of nitro benzene ring substituents is 1. The number of carbonyl (C=O) groups is 1. The predicted octanol–water partition coefficient (Wildman–Crippen LogP) is 2.63. The number of nitrogens with zero attached hydrogens (tertiary/aromatic N) is 1. The highest BCUT2D eigenvalue weighted by Crippen LogP contribution is 2.20. The van der Waals surface area contributed by atoms with E-state index in [1.807, 2.05) is 13.8 Å². The second-order valence-corrected chi connectivity index (χ2v) is 2.51. The fourth-order valence-corrected chi connectivity index (χ4v) is 1.05. The summed E-state index contributed by atoms with van der Waals surface area (Å²) < 4.78 is 0. The van der Waals surface area contributed by atoms with Gasteiger partial charge in [0.1, 0.15) is 0 Å². The van der Waals surface area contributed by atoms with Gasteiger partial charge in [0.2, 0.25) is 0 Å². The maximum atomic E-state index is 10.6. The Kier molecular flexibility index (Phi) is 5.01. The molecule has 0 heterocycles. The molecule has 0 aliphatic rings. The zero-order chi connectivity index (χ0) is 12.0. The fourth-order valence-electron chi connectivity index (χ4n) is 1.05. The highest BCUT2D eigenvalue weighted by molar-refractivity contribution is 5.90. The third-order valence-corrected chi connectivity index (χ3v) is 1.73. The van der Waals surface area contributed by atoms with Crippen LogP contribution < -0.4 is 0 Å². The molecule has 0 fully saturated rings. The zero-order valence-electron chi connectivity index (χ0n) is 8.85. The highest BCUT2D eigenvalue weighted by atomic mass is 16.6. The van der Waals surface area contributed by atoms with Gasteiger partial charge in [0, 0.05) is 11.6 Å². The Labute approximate surface area is 87.5 Å². The smallest absolute Gasteiger partial charge is 0.336 e. The average Bonchev–Trinajstić information content (AvgIpc) is 2.20. The lowest BCUT2D eigenvalue weighted by Gasteiger charge is -2.00. The number of carboxylic acids is 1. The van der Waals surface area contributed by atoms with Crippen LogP contribution in [0.2, 0.25) is 0 Å². The molecule has 0 aliphatic carbocycles. The van der Waals surface area contributed by atoms with E-state index in [4.69, 9.17) is 5.11 Å². The zero-order valence-corrected chi connectivity index (χ0v) is 8.85. The van der Waals surface area contributed by atoms with Crippen molar-refractivity contribution in [3.63, 3.8) is 0 Å². The molecule has 5 heteroatoms. The van der Waals surface area contributed by atoms with E-state index >= 15 is 0 Å². The van der Waals surface area contributed by atoms with Gasteiger partial charge < -0.3 is 5.11 Å². The molecular weight excluding hydrogens is 198 g/mol. The molecule has 0 aromatic heterocycles. The monoisotopic (exact) mass is 211 g/mol. The van der Waals surface area contributed by atoms with Crippen LogP contribution in [0.3, 0.4) is 0 Å². The van der Waals surface area contributed by atoms with Gasteiger partial charge in [-0.1, -0.05) is 19.9 Å². The van der Waals surface area contributed by atoms with Crippen molar-refractivity contribution in [2.45, 2.75) is 20.8 Å². The van der Waals surface area contributed by atoms with Crippen LogP contribution in [0.15, 0.2) is 18.2 Å². The maximum Gasteiger partial charge on any atom is 0.336 e. The van der Waals surface area contributed by atoms with Crippen molar-refractivity contribution >= 4 is 11.7 Å². The molecule has 0 saturated heterocycles. The predicted molar refractivity (Wildman–Crippen MR) is 56.1 cm³/mol. The summed E-state index contributed by atoms with van der Waals surface area (Å²) in [5.74, 6) is -1.15. The van der Waals surface area contributed by atoms with Crippen molar-refractivity contribution in [3.8, 4) is 0 Å². The fraction of sp³-hybridized carbons (Fsp3) is 0.300. The SMILES string of the molecule is CC.Cc1c(C(=O)O)cccc1[N+](=O)[O-]. The van der Waals surface area contributed by atoms with E-state index in [1.54, 1.807) is 0 Å². The van der Waals surface area contributed by atoms with Crippen molar-refractivity contribution in [2.24, 2.45) is 0 Å². The average molecular weight is 211 g/mol. The Morgan fingerprint density at radius 3 is 2.33 bits per heavy atom. The van der Waals surface area contributed by atoms with Crippen LogP contribution in [-0.4, -0.2) is 16.0 Å². The second kappa shape index (κ2) is 5.74. The normalized spacial score (nSPS) is 8.73. The van der Waals surface area contributed by atoms with E-state index in [2.05, 4.69) is 0 Å². The standard InChI is InChI=1S/C8H7NO4.C2H6/c1-5-6(8(10)11)3-2-4-7(5)9(12)13;1-2/h2-4H,1H3,(H,10,11);1-2H3. The summed E-state index contributed by atoms with van der Waals surface area (Å²) >= 11 is 0. The highest BCUT2D eigenvalue weighted by Gasteiger charge is 2.16. The number of aromatic carboxylic acids is 1. The summed E-state index contributed by atoms with van der Waals surface area (Å²) in [7, 11) is 0. The van der Waals surface area contributed by atoms with E-state index < -0.39 is 10.9 Å².